The molecule has 13 heteroatoms. The summed E-state index contributed by atoms with van der Waals surface area (Å²) in [6, 6.07) is 7.46. The van der Waals surface area contributed by atoms with E-state index >= 15 is 0 Å². The molecule has 2 aromatic carbocycles. The van der Waals surface area contributed by atoms with Gasteiger partial charge in [-0.15, -0.1) is 0 Å². The molecule has 4 aromatic rings. The van der Waals surface area contributed by atoms with Crippen LogP contribution in [0.2, 0.25) is 5.02 Å². The number of fused-ring (bicyclic) bond motifs is 1. The highest BCUT2D eigenvalue weighted by molar-refractivity contribution is 7.89. The molecule has 0 radical (unpaired) electrons. The predicted octanol–water partition coefficient (Wildman–Crippen LogP) is 4.70. The molecular weight excluding hydrogens is 515 g/mol. The Hall–Kier alpha value is -3.53. The smallest absolute Gasteiger partial charge is 0.228 e. The molecule has 35 heavy (non-hydrogen) atoms. The number of hydrogen-bond donors (Lipinski definition) is 1. The molecule has 0 aliphatic rings. The van der Waals surface area contributed by atoms with Gasteiger partial charge >= 0.3 is 6.18 Å². The lowest BCUT2D eigenvalue weighted by molar-refractivity contribution is -0.142. The summed E-state index contributed by atoms with van der Waals surface area (Å²) in [5.74, 6) is 1.97. The van der Waals surface area contributed by atoms with Crippen molar-refractivity contribution in [2.24, 2.45) is 5.14 Å². The van der Waals surface area contributed by atoms with E-state index in [1.54, 1.807) is 13.0 Å². The molecule has 0 atom stereocenters. The zero-order valence-electron chi connectivity index (χ0n) is 17.5. The molecule has 0 bridgehead atoms. The first-order valence-corrected chi connectivity index (χ1v) is 11.4. The summed E-state index contributed by atoms with van der Waals surface area (Å²) in [4.78, 5) is 3.23. The third-order valence-corrected chi connectivity index (χ3v) is 6.17. The van der Waals surface area contributed by atoms with Crippen molar-refractivity contribution in [3.05, 3.63) is 81.6 Å². The van der Waals surface area contributed by atoms with Gasteiger partial charge in [-0.25, -0.2) is 31.8 Å². The van der Waals surface area contributed by atoms with Crippen molar-refractivity contribution >= 4 is 27.3 Å². The van der Waals surface area contributed by atoms with Crippen LogP contribution in [-0.2, 0) is 16.2 Å². The lowest BCUT2D eigenvalue weighted by Gasteiger charge is -2.11. The average molecular weight is 527 g/mol. The topological polar surface area (TPSA) is 90.4 Å². The number of rotatable bonds is 2. The van der Waals surface area contributed by atoms with Crippen molar-refractivity contribution in [1.29, 1.82) is 0 Å². The number of alkyl halides is 3. The predicted molar refractivity (Wildman–Crippen MR) is 117 cm³/mol. The Morgan fingerprint density at radius 1 is 1.03 bits per heavy atom. The van der Waals surface area contributed by atoms with E-state index < -0.39 is 44.0 Å². The maximum absolute atomic E-state index is 14.1. The van der Waals surface area contributed by atoms with Crippen molar-refractivity contribution in [1.82, 2.24) is 14.6 Å². The fourth-order valence-electron chi connectivity index (χ4n) is 3.16. The van der Waals surface area contributed by atoms with Gasteiger partial charge in [-0.3, -0.25) is 0 Å². The molecule has 2 N–H and O–H groups in total. The Morgan fingerprint density at radius 3 is 2.37 bits per heavy atom. The first-order chi connectivity index (χ1) is 16.2. The van der Waals surface area contributed by atoms with E-state index in [1.165, 1.54) is 12.1 Å². The SMILES string of the molecule is Cc1cc(-c2cc(C(F)(F)F)n3nc(C#Cc4cc(S(N)(=O)=O)c(F)cc4F)cc3n2)ccc1Cl. The molecule has 0 aliphatic carbocycles. The van der Waals surface area contributed by atoms with Gasteiger partial charge in [0.2, 0.25) is 10.0 Å². The normalized spacial score (nSPS) is 12.0. The summed E-state index contributed by atoms with van der Waals surface area (Å²) >= 11 is 5.99. The van der Waals surface area contributed by atoms with Gasteiger partial charge in [-0.1, -0.05) is 23.6 Å². The monoisotopic (exact) mass is 526 g/mol. The summed E-state index contributed by atoms with van der Waals surface area (Å²) in [5.41, 5.74) is -1.08. The molecule has 2 aromatic heterocycles. The third kappa shape index (κ3) is 4.97. The van der Waals surface area contributed by atoms with Crippen molar-refractivity contribution in [3.8, 4) is 23.1 Å². The van der Waals surface area contributed by atoms with E-state index in [9.17, 15) is 30.4 Å². The van der Waals surface area contributed by atoms with Gasteiger partial charge in [0.1, 0.15) is 22.2 Å². The minimum absolute atomic E-state index is 0.00590. The molecule has 180 valence electrons. The molecular formula is C22H12ClF5N4O2S. The van der Waals surface area contributed by atoms with Crippen LogP contribution in [-0.4, -0.2) is 23.0 Å². The summed E-state index contributed by atoms with van der Waals surface area (Å²) in [5, 5.41) is 9.11. The fourth-order valence-corrected chi connectivity index (χ4v) is 3.89. The number of nitrogens with zero attached hydrogens (tertiary/aromatic N) is 3. The highest BCUT2D eigenvalue weighted by Gasteiger charge is 2.35. The highest BCUT2D eigenvalue weighted by atomic mass is 35.5. The van der Waals surface area contributed by atoms with Crippen LogP contribution in [0, 0.1) is 30.4 Å². The lowest BCUT2D eigenvalue weighted by Crippen LogP contribution is -2.14. The van der Waals surface area contributed by atoms with E-state index in [-0.39, 0.29) is 23.1 Å². The van der Waals surface area contributed by atoms with E-state index in [2.05, 4.69) is 21.9 Å². The van der Waals surface area contributed by atoms with Gasteiger partial charge in [0.05, 0.1) is 11.3 Å². The fraction of sp³-hybridized carbons (Fsp3) is 0.0909. The van der Waals surface area contributed by atoms with Crippen LogP contribution in [0.1, 0.15) is 22.5 Å². The number of halogens is 6. The Morgan fingerprint density at radius 2 is 1.74 bits per heavy atom. The van der Waals surface area contributed by atoms with Crippen LogP contribution in [0.5, 0.6) is 0 Å². The van der Waals surface area contributed by atoms with Crippen LogP contribution >= 0.6 is 11.6 Å². The van der Waals surface area contributed by atoms with Crippen molar-refractivity contribution in [2.45, 2.75) is 18.0 Å². The highest BCUT2D eigenvalue weighted by Crippen LogP contribution is 2.33. The molecule has 0 spiro atoms. The Kier molecular flexibility index (Phi) is 6.04. The summed E-state index contributed by atoms with van der Waals surface area (Å²) in [7, 11) is -4.51. The van der Waals surface area contributed by atoms with Crippen LogP contribution in [0.25, 0.3) is 16.9 Å². The number of sulfonamides is 1. The zero-order valence-corrected chi connectivity index (χ0v) is 19.0. The average Bonchev–Trinajstić information content (AvgIpc) is 3.15. The second-order valence-corrected chi connectivity index (χ2v) is 9.28. The number of nitrogens with two attached hydrogens (primary N) is 1. The minimum Gasteiger partial charge on any atom is -0.228 e. The summed E-state index contributed by atoms with van der Waals surface area (Å²) in [6.07, 6.45) is -4.80. The molecule has 4 rings (SSSR count). The Bertz CT molecular complexity index is 1670. The molecule has 0 unspecified atom stereocenters. The van der Waals surface area contributed by atoms with E-state index in [0.29, 0.717) is 26.7 Å². The zero-order chi connectivity index (χ0) is 25.7. The minimum atomic E-state index is -4.80. The maximum atomic E-state index is 14.1. The number of aromatic nitrogens is 3. The van der Waals surface area contributed by atoms with Crippen molar-refractivity contribution in [2.75, 3.05) is 0 Å². The summed E-state index contributed by atoms with van der Waals surface area (Å²) in [6.45, 7) is 1.69. The molecule has 2 heterocycles. The molecule has 0 fully saturated rings. The summed E-state index contributed by atoms with van der Waals surface area (Å²) < 4.78 is 92.5. The number of primary sulfonamides is 1. The van der Waals surface area contributed by atoms with Crippen LogP contribution in [0.4, 0.5) is 22.0 Å². The van der Waals surface area contributed by atoms with Crippen LogP contribution in [0.15, 0.2) is 47.4 Å². The third-order valence-electron chi connectivity index (χ3n) is 4.82. The van der Waals surface area contributed by atoms with Crippen molar-refractivity contribution < 1.29 is 30.4 Å². The number of hydrogen-bond acceptors (Lipinski definition) is 4. The van der Waals surface area contributed by atoms with Gasteiger partial charge in [-0.2, -0.15) is 18.3 Å². The van der Waals surface area contributed by atoms with Gasteiger partial charge in [0.15, 0.2) is 11.3 Å². The maximum Gasteiger partial charge on any atom is 0.433 e. The van der Waals surface area contributed by atoms with Gasteiger partial charge in [-0.05, 0) is 42.7 Å². The van der Waals surface area contributed by atoms with Gasteiger partial charge < -0.3 is 0 Å². The van der Waals surface area contributed by atoms with Gasteiger partial charge in [0, 0.05) is 22.7 Å². The first-order valence-electron chi connectivity index (χ1n) is 9.52. The molecule has 6 nitrogen and oxygen atoms in total. The van der Waals surface area contributed by atoms with Crippen LogP contribution < -0.4 is 5.14 Å². The molecule has 0 saturated carbocycles. The second kappa shape index (κ2) is 8.60. The first kappa shape index (κ1) is 24.6. The second-order valence-electron chi connectivity index (χ2n) is 7.35. The Labute approximate surface area is 200 Å². The van der Waals surface area contributed by atoms with Crippen LogP contribution in [0.3, 0.4) is 0 Å². The Balaban J connectivity index is 1.85. The molecule has 0 aliphatic heterocycles. The quantitative estimate of drug-likeness (QED) is 0.303. The number of aryl methyl sites for hydroxylation is 1. The number of benzene rings is 2. The molecule has 0 saturated heterocycles. The largest absolute Gasteiger partial charge is 0.433 e. The van der Waals surface area contributed by atoms with Gasteiger partial charge in [0.25, 0.3) is 0 Å². The van der Waals surface area contributed by atoms with E-state index in [4.69, 9.17) is 16.7 Å². The van der Waals surface area contributed by atoms with E-state index in [1.807, 2.05) is 0 Å². The molecule has 0 amide bonds. The lowest BCUT2D eigenvalue weighted by atomic mass is 10.1. The standard InChI is InChI=1S/C22H12ClF5N4O2S/c1-11-6-13(3-5-15(11)23)18-10-20(22(26,27)28)32-21(30-18)8-14(31-32)4-2-12-7-19(35(29,33)34)17(25)9-16(12)24/h3,5-10H,1H3,(H2,29,33,34). The van der Waals surface area contributed by atoms with E-state index in [0.717, 1.165) is 12.1 Å². The van der Waals surface area contributed by atoms with Crippen molar-refractivity contribution in [3.63, 3.8) is 0 Å².